The van der Waals surface area contributed by atoms with E-state index in [1.807, 2.05) is 0 Å². The van der Waals surface area contributed by atoms with Crippen LogP contribution in [0.25, 0.3) is 0 Å². The van der Waals surface area contributed by atoms with Crippen molar-refractivity contribution >= 4 is 0 Å². The molecule has 0 aromatic heterocycles. The molecule has 16 heavy (non-hydrogen) atoms. The Labute approximate surface area is 101 Å². The standard InChI is InChI=1S/C14H28N2/c1-12(13-7-5-4-6-8-13)16-10-9-15-11-14(16,2)3/h12-13,15H,4-11H2,1-3H3. The minimum atomic E-state index is 0.342. The van der Waals surface area contributed by atoms with Crippen LogP contribution >= 0.6 is 0 Å². The zero-order chi connectivity index (χ0) is 11.6. The van der Waals surface area contributed by atoms with Gasteiger partial charge in [0.15, 0.2) is 0 Å². The first-order chi connectivity index (χ1) is 7.61. The summed E-state index contributed by atoms with van der Waals surface area (Å²) in [6.07, 6.45) is 7.31. The predicted octanol–water partition coefficient (Wildman–Crippen LogP) is 2.64. The van der Waals surface area contributed by atoms with E-state index in [0.717, 1.165) is 18.5 Å². The third-order valence-corrected chi connectivity index (χ3v) is 4.69. The fourth-order valence-electron chi connectivity index (χ4n) is 3.62. The zero-order valence-electron chi connectivity index (χ0n) is 11.3. The average molecular weight is 224 g/mol. The smallest absolute Gasteiger partial charge is 0.0281 e. The van der Waals surface area contributed by atoms with Crippen molar-refractivity contribution in [3.8, 4) is 0 Å². The summed E-state index contributed by atoms with van der Waals surface area (Å²) in [6, 6.07) is 0.775. The summed E-state index contributed by atoms with van der Waals surface area (Å²) < 4.78 is 0. The van der Waals surface area contributed by atoms with Gasteiger partial charge in [-0.15, -0.1) is 0 Å². The molecule has 2 fully saturated rings. The summed E-state index contributed by atoms with van der Waals surface area (Å²) in [5.41, 5.74) is 0.342. The highest BCUT2D eigenvalue weighted by atomic mass is 15.3. The lowest BCUT2D eigenvalue weighted by Gasteiger charge is -2.49. The van der Waals surface area contributed by atoms with E-state index >= 15 is 0 Å². The third kappa shape index (κ3) is 2.60. The second kappa shape index (κ2) is 5.05. The van der Waals surface area contributed by atoms with E-state index in [2.05, 4.69) is 31.0 Å². The molecule has 2 aliphatic rings. The van der Waals surface area contributed by atoms with Crippen LogP contribution in [0, 0.1) is 5.92 Å². The molecule has 0 radical (unpaired) electrons. The van der Waals surface area contributed by atoms with Crippen LogP contribution in [0.4, 0.5) is 0 Å². The molecule has 2 nitrogen and oxygen atoms in total. The van der Waals surface area contributed by atoms with Gasteiger partial charge in [-0.3, -0.25) is 4.90 Å². The Hall–Kier alpha value is -0.0800. The normalized spacial score (nSPS) is 30.2. The summed E-state index contributed by atoms with van der Waals surface area (Å²) >= 11 is 0. The van der Waals surface area contributed by atoms with Crippen molar-refractivity contribution < 1.29 is 0 Å². The summed E-state index contributed by atoms with van der Waals surface area (Å²) in [4.78, 5) is 2.75. The van der Waals surface area contributed by atoms with E-state index in [-0.39, 0.29) is 0 Å². The molecule has 1 N–H and O–H groups in total. The first kappa shape index (κ1) is 12.4. The van der Waals surface area contributed by atoms with Crippen molar-refractivity contribution in [2.24, 2.45) is 5.92 Å². The van der Waals surface area contributed by atoms with E-state index in [1.54, 1.807) is 0 Å². The highest BCUT2D eigenvalue weighted by molar-refractivity contribution is 4.93. The van der Waals surface area contributed by atoms with Crippen molar-refractivity contribution in [2.75, 3.05) is 19.6 Å². The molecule has 0 spiro atoms. The van der Waals surface area contributed by atoms with Crippen LogP contribution in [0.3, 0.4) is 0 Å². The third-order valence-electron chi connectivity index (χ3n) is 4.69. The van der Waals surface area contributed by atoms with Crippen LogP contribution < -0.4 is 5.32 Å². The number of rotatable bonds is 2. The summed E-state index contributed by atoms with van der Waals surface area (Å²) in [5.74, 6) is 0.950. The molecule has 1 aliphatic carbocycles. The minimum Gasteiger partial charge on any atom is -0.314 e. The predicted molar refractivity (Wildman–Crippen MR) is 69.7 cm³/mol. The van der Waals surface area contributed by atoms with E-state index in [4.69, 9.17) is 0 Å². The maximum absolute atomic E-state index is 3.52. The first-order valence-corrected chi connectivity index (χ1v) is 7.09. The van der Waals surface area contributed by atoms with E-state index in [0.29, 0.717) is 5.54 Å². The van der Waals surface area contributed by atoms with Gasteiger partial charge in [0.05, 0.1) is 0 Å². The van der Waals surface area contributed by atoms with Crippen molar-refractivity contribution in [1.82, 2.24) is 10.2 Å². The Bertz CT molecular complexity index is 219. The Balaban J connectivity index is 1.98. The molecule has 0 bridgehead atoms. The molecule has 1 aliphatic heterocycles. The molecule has 94 valence electrons. The molecule has 2 rings (SSSR count). The second-order valence-corrected chi connectivity index (χ2v) is 6.32. The topological polar surface area (TPSA) is 15.3 Å². The minimum absolute atomic E-state index is 0.342. The zero-order valence-corrected chi connectivity index (χ0v) is 11.3. The van der Waals surface area contributed by atoms with E-state index in [9.17, 15) is 0 Å². The van der Waals surface area contributed by atoms with E-state index in [1.165, 1.54) is 45.2 Å². The molecule has 0 aromatic rings. The Morgan fingerprint density at radius 1 is 1.19 bits per heavy atom. The van der Waals surface area contributed by atoms with Gasteiger partial charge >= 0.3 is 0 Å². The largest absolute Gasteiger partial charge is 0.314 e. The molecule has 1 unspecified atom stereocenters. The summed E-state index contributed by atoms with van der Waals surface area (Å²) in [7, 11) is 0. The molecule has 2 heteroatoms. The van der Waals surface area contributed by atoms with Gasteiger partial charge in [0.25, 0.3) is 0 Å². The highest BCUT2D eigenvalue weighted by Crippen LogP contribution is 2.32. The van der Waals surface area contributed by atoms with Gasteiger partial charge in [0, 0.05) is 31.2 Å². The van der Waals surface area contributed by atoms with Gasteiger partial charge in [-0.05, 0) is 39.5 Å². The van der Waals surface area contributed by atoms with Crippen molar-refractivity contribution in [2.45, 2.75) is 64.5 Å². The van der Waals surface area contributed by atoms with Crippen molar-refractivity contribution in [1.29, 1.82) is 0 Å². The van der Waals surface area contributed by atoms with E-state index < -0.39 is 0 Å². The average Bonchev–Trinajstić information content (AvgIpc) is 2.29. The SMILES string of the molecule is CC(C1CCCCC1)N1CCNCC1(C)C. The fourth-order valence-corrected chi connectivity index (χ4v) is 3.62. The summed E-state index contributed by atoms with van der Waals surface area (Å²) in [6.45, 7) is 10.8. The maximum atomic E-state index is 3.52. The Morgan fingerprint density at radius 2 is 1.88 bits per heavy atom. The van der Waals surface area contributed by atoms with Crippen LogP contribution in [0.2, 0.25) is 0 Å². The lowest BCUT2D eigenvalue weighted by molar-refractivity contribution is 0.0180. The van der Waals surface area contributed by atoms with Crippen LogP contribution in [0.1, 0.15) is 52.9 Å². The van der Waals surface area contributed by atoms with Crippen molar-refractivity contribution in [3.63, 3.8) is 0 Å². The van der Waals surface area contributed by atoms with Gasteiger partial charge in [-0.1, -0.05) is 19.3 Å². The molecular formula is C14H28N2. The van der Waals surface area contributed by atoms with Crippen LogP contribution in [-0.4, -0.2) is 36.1 Å². The molecule has 1 atom stereocenters. The lowest BCUT2D eigenvalue weighted by atomic mass is 9.82. The van der Waals surface area contributed by atoms with Crippen LogP contribution in [0.5, 0.6) is 0 Å². The highest BCUT2D eigenvalue weighted by Gasteiger charge is 2.36. The van der Waals surface area contributed by atoms with Gasteiger partial charge in [-0.2, -0.15) is 0 Å². The van der Waals surface area contributed by atoms with Crippen LogP contribution in [-0.2, 0) is 0 Å². The number of piperazine rings is 1. The van der Waals surface area contributed by atoms with Crippen molar-refractivity contribution in [3.05, 3.63) is 0 Å². The van der Waals surface area contributed by atoms with Gasteiger partial charge in [0.2, 0.25) is 0 Å². The molecule has 0 aromatic carbocycles. The maximum Gasteiger partial charge on any atom is 0.0281 e. The lowest BCUT2D eigenvalue weighted by Crippen LogP contribution is -2.61. The van der Waals surface area contributed by atoms with Gasteiger partial charge < -0.3 is 5.32 Å². The summed E-state index contributed by atoms with van der Waals surface area (Å²) in [5, 5.41) is 3.52. The first-order valence-electron chi connectivity index (χ1n) is 7.09. The van der Waals surface area contributed by atoms with Crippen LogP contribution in [0.15, 0.2) is 0 Å². The monoisotopic (exact) mass is 224 g/mol. The molecule has 1 saturated heterocycles. The number of hydrogen-bond acceptors (Lipinski definition) is 2. The fraction of sp³-hybridized carbons (Fsp3) is 1.00. The Morgan fingerprint density at radius 3 is 2.50 bits per heavy atom. The molecule has 1 heterocycles. The van der Waals surface area contributed by atoms with Gasteiger partial charge in [-0.25, -0.2) is 0 Å². The van der Waals surface area contributed by atoms with Gasteiger partial charge in [0.1, 0.15) is 0 Å². The molecule has 1 saturated carbocycles. The molecule has 0 amide bonds. The quantitative estimate of drug-likeness (QED) is 0.776. The number of hydrogen-bond donors (Lipinski definition) is 1. The number of nitrogens with zero attached hydrogens (tertiary/aromatic N) is 1. The Kier molecular flexibility index (Phi) is 3.91. The number of nitrogens with one attached hydrogen (secondary N) is 1. The molecular weight excluding hydrogens is 196 g/mol. The second-order valence-electron chi connectivity index (χ2n) is 6.32.